The van der Waals surface area contributed by atoms with Crippen LogP contribution in [0, 0.1) is 5.92 Å². The van der Waals surface area contributed by atoms with E-state index in [0.29, 0.717) is 17.5 Å². The average molecular weight is 307 g/mol. The topological polar surface area (TPSA) is 58.4 Å². The molecule has 1 fully saturated rings. The molecule has 2 aromatic rings. The second-order valence-corrected chi connectivity index (χ2v) is 6.60. The molecular weight excluding hydrogens is 286 g/mol. The number of hydrogen-bond acceptors (Lipinski definition) is 3. The van der Waals surface area contributed by atoms with Gasteiger partial charge >= 0.3 is 0 Å². The molecule has 0 spiro atoms. The molecule has 2 atom stereocenters. The van der Waals surface area contributed by atoms with Gasteiger partial charge in [0.1, 0.15) is 0 Å². The van der Waals surface area contributed by atoms with Gasteiger partial charge in [-0.3, -0.25) is 9.69 Å². The van der Waals surface area contributed by atoms with Crippen molar-refractivity contribution in [3.63, 3.8) is 0 Å². The van der Waals surface area contributed by atoms with Crippen molar-refractivity contribution in [1.82, 2.24) is 10.2 Å². The summed E-state index contributed by atoms with van der Waals surface area (Å²) in [7, 11) is 0. The van der Waals surface area contributed by atoms with Crippen molar-refractivity contribution in [3.05, 3.63) is 65.2 Å². The molecule has 1 saturated heterocycles. The number of carbonyl (C=O) groups excluding carboxylic acids is 1. The Labute approximate surface area is 136 Å². The number of likely N-dealkylation sites (tertiary alicyclic amines) is 1. The van der Waals surface area contributed by atoms with Crippen LogP contribution in [0.15, 0.2) is 48.5 Å². The fourth-order valence-corrected chi connectivity index (χ4v) is 3.90. The summed E-state index contributed by atoms with van der Waals surface area (Å²) >= 11 is 0. The van der Waals surface area contributed by atoms with Crippen LogP contribution in [0.1, 0.15) is 27.4 Å². The zero-order valence-electron chi connectivity index (χ0n) is 13.0. The Balaban J connectivity index is 1.60. The fourth-order valence-electron chi connectivity index (χ4n) is 3.90. The number of amides is 1. The van der Waals surface area contributed by atoms with E-state index >= 15 is 0 Å². The Bertz CT molecular complexity index is 729. The first-order valence-corrected chi connectivity index (χ1v) is 8.14. The van der Waals surface area contributed by atoms with E-state index in [-0.39, 0.29) is 5.91 Å². The molecule has 0 bridgehead atoms. The van der Waals surface area contributed by atoms with Crippen LogP contribution < -0.4 is 11.1 Å². The summed E-state index contributed by atoms with van der Waals surface area (Å²) in [5.41, 5.74) is 9.76. The van der Waals surface area contributed by atoms with Gasteiger partial charge in [0.2, 0.25) is 0 Å². The van der Waals surface area contributed by atoms with Gasteiger partial charge in [-0.05, 0) is 29.2 Å². The van der Waals surface area contributed by atoms with Crippen molar-refractivity contribution in [2.24, 2.45) is 5.92 Å². The highest BCUT2D eigenvalue weighted by molar-refractivity contribution is 5.97. The van der Waals surface area contributed by atoms with Crippen molar-refractivity contribution >= 4 is 11.6 Å². The van der Waals surface area contributed by atoms with E-state index in [0.717, 1.165) is 37.3 Å². The lowest BCUT2D eigenvalue weighted by molar-refractivity contribution is 0.0951. The van der Waals surface area contributed by atoms with E-state index in [1.165, 1.54) is 5.56 Å². The summed E-state index contributed by atoms with van der Waals surface area (Å²) in [5, 5.41) is 3.06. The maximum Gasteiger partial charge on any atom is 0.251 e. The third-order valence-electron chi connectivity index (χ3n) is 5.01. The molecule has 4 rings (SSSR count). The number of nitrogen functional groups attached to an aromatic ring is 1. The number of hydrogen-bond donors (Lipinski definition) is 2. The molecule has 23 heavy (non-hydrogen) atoms. The van der Waals surface area contributed by atoms with E-state index < -0.39 is 0 Å². The van der Waals surface area contributed by atoms with E-state index in [9.17, 15) is 4.79 Å². The van der Waals surface area contributed by atoms with Gasteiger partial charge in [-0.1, -0.05) is 36.4 Å². The van der Waals surface area contributed by atoms with Crippen molar-refractivity contribution in [2.75, 3.05) is 25.4 Å². The lowest BCUT2D eigenvalue weighted by Gasteiger charge is -2.17. The minimum atomic E-state index is 0.0105. The molecule has 118 valence electrons. The molecule has 1 amide bonds. The molecule has 4 heteroatoms. The number of nitrogens with two attached hydrogens (primary N) is 1. The van der Waals surface area contributed by atoms with Gasteiger partial charge in [0.25, 0.3) is 5.91 Å². The first-order valence-electron chi connectivity index (χ1n) is 8.14. The van der Waals surface area contributed by atoms with Crippen LogP contribution in [0.25, 0.3) is 0 Å². The number of rotatable bonds is 2. The third kappa shape index (κ3) is 2.70. The number of fused-ring (bicyclic) bond motifs is 3. The highest BCUT2D eigenvalue weighted by atomic mass is 16.1. The van der Waals surface area contributed by atoms with Crippen LogP contribution >= 0.6 is 0 Å². The van der Waals surface area contributed by atoms with Crippen molar-refractivity contribution in [1.29, 1.82) is 0 Å². The molecule has 0 saturated carbocycles. The lowest BCUT2D eigenvalue weighted by Crippen LogP contribution is -2.29. The number of anilines is 1. The average Bonchev–Trinajstić information content (AvgIpc) is 2.91. The standard InChI is InChI=1S/C19H21N3O/c20-15-6-7-16-17(8-15)19(23)21-9-14-11-22(12-18(14)16)10-13-4-2-1-3-5-13/h1-8,14,18H,9-12,20H2,(H,21,23)/t14-,18+/m1/s1. The first-order chi connectivity index (χ1) is 11.2. The van der Waals surface area contributed by atoms with Crippen LogP contribution in [-0.2, 0) is 6.54 Å². The summed E-state index contributed by atoms with van der Waals surface area (Å²) in [5.74, 6) is 0.872. The van der Waals surface area contributed by atoms with Crippen molar-refractivity contribution < 1.29 is 4.79 Å². The van der Waals surface area contributed by atoms with Crippen molar-refractivity contribution in [2.45, 2.75) is 12.5 Å². The summed E-state index contributed by atoms with van der Waals surface area (Å²) < 4.78 is 0. The highest BCUT2D eigenvalue weighted by Crippen LogP contribution is 2.37. The van der Waals surface area contributed by atoms with Gasteiger partial charge in [0.15, 0.2) is 0 Å². The van der Waals surface area contributed by atoms with Crippen LogP contribution in [0.5, 0.6) is 0 Å². The predicted molar refractivity (Wildman–Crippen MR) is 91.1 cm³/mol. The number of benzene rings is 2. The van der Waals surface area contributed by atoms with Gasteiger partial charge in [0, 0.05) is 43.3 Å². The number of nitrogens with zero attached hydrogens (tertiary/aromatic N) is 1. The summed E-state index contributed by atoms with van der Waals surface area (Å²) in [6.07, 6.45) is 0. The Morgan fingerprint density at radius 3 is 2.78 bits per heavy atom. The SMILES string of the molecule is Nc1ccc2c(c1)C(=O)NC[C@@H]1CN(Cc3ccccc3)C[C@H]21. The summed E-state index contributed by atoms with van der Waals surface area (Å²) in [6.45, 7) is 3.71. The van der Waals surface area contributed by atoms with Gasteiger partial charge in [0.05, 0.1) is 0 Å². The molecule has 3 N–H and O–H groups in total. The number of carbonyl (C=O) groups is 1. The molecule has 0 aromatic heterocycles. The first kappa shape index (κ1) is 14.3. The molecule has 0 aliphatic carbocycles. The molecule has 2 heterocycles. The van der Waals surface area contributed by atoms with E-state index in [1.54, 1.807) is 0 Å². The Hall–Kier alpha value is -2.33. The molecule has 2 aliphatic rings. The van der Waals surface area contributed by atoms with Crippen LogP contribution in [0.3, 0.4) is 0 Å². The van der Waals surface area contributed by atoms with Gasteiger partial charge in [-0.25, -0.2) is 0 Å². The third-order valence-corrected chi connectivity index (χ3v) is 5.01. The molecule has 0 radical (unpaired) electrons. The van der Waals surface area contributed by atoms with Crippen LogP contribution in [-0.4, -0.2) is 30.4 Å². The van der Waals surface area contributed by atoms with E-state index in [4.69, 9.17) is 5.73 Å². The maximum atomic E-state index is 12.3. The zero-order chi connectivity index (χ0) is 15.8. The maximum absolute atomic E-state index is 12.3. The fraction of sp³-hybridized carbons (Fsp3) is 0.316. The highest BCUT2D eigenvalue weighted by Gasteiger charge is 2.37. The van der Waals surface area contributed by atoms with Crippen LogP contribution in [0.4, 0.5) is 5.69 Å². The number of nitrogens with one attached hydrogen (secondary N) is 1. The molecular formula is C19H21N3O. The Kier molecular flexibility index (Phi) is 3.54. The normalized spacial score (nSPS) is 23.7. The van der Waals surface area contributed by atoms with Crippen molar-refractivity contribution in [3.8, 4) is 0 Å². The van der Waals surface area contributed by atoms with Crippen LogP contribution in [0.2, 0.25) is 0 Å². The molecule has 2 aromatic carbocycles. The monoisotopic (exact) mass is 307 g/mol. The van der Waals surface area contributed by atoms with Gasteiger partial charge in [-0.15, -0.1) is 0 Å². The summed E-state index contributed by atoms with van der Waals surface area (Å²) in [6, 6.07) is 16.3. The second kappa shape index (κ2) is 5.70. The van der Waals surface area contributed by atoms with Gasteiger partial charge in [-0.2, -0.15) is 0 Å². The second-order valence-electron chi connectivity index (χ2n) is 6.60. The Morgan fingerprint density at radius 2 is 1.96 bits per heavy atom. The quantitative estimate of drug-likeness (QED) is 0.837. The minimum absolute atomic E-state index is 0.0105. The molecule has 0 unspecified atom stereocenters. The molecule has 4 nitrogen and oxygen atoms in total. The summed E-state index contributed by atoms with van der Waals surface area (Å²) in [4.78, 5) is 14.8. The largest absolute Gasteiger partial charge is 0.399 e. The van der Waals surface area contributed by atoms with E-state index in [2.05, 4.69) is 34.5 Å². The lowest BCUT2D eigenvalue weighted by atomic mass is 9.87. The Morgan fingerprint density at radius 1 is 1.13 bits per heavy atom. The minimum Gasteiger partial charge on any atom is -0.399 e. The smallest absolute Gasteiger partial charge is 0.251 e. The zero-order valence-corrected chi connectivity index (χ0v) is 13.0. The molecule has 2 aliphatic heterocycles. The predicted octanol–water partition coefficient (Wildman–Crippen LogP) is 2.23. The van der Waals surface area contributed by atoms with Gasteiger partial charge < -0.3 is 11.1 Å². The van der Waals surface area contributed by atoms with E-state index in [1.807, 2.05) is 24.3 Å².